The Morgan fingerprint density at radius 1 is 1.47 bits per heavy atom. The van der Waals surface area contributed by atoms with Gasteiger partial charge in [0.05, 0.1) is 12.3 Å². The molecule has 0 aliphatic rings. The second kappa shape index (κ2) is 6.40. The minimum absolute atomic E-state index is 0.318. The fraction of sp³-hybridized carbons (Fsp3) is 0.308. The highest BCUT2D eigenvalue weighted by atomic mass is 32.1. The molecule has 0 unspecified atom stereocenters. The van der Waals surface area contributed by atoms with E-state index >= 15 is 0 Å². The Labute approximate surface area is 114 Å². The second-order valence-electron chi connectivity index (χ2n) is 3.81. The smallest absolute Gasteiger partial charge is 0.357 e. The predicted octanol–water partition coefficient (Wildman–Crippen LogP) is 1.65. The molecule has 0 bridgehead atoms. The molecule has 0 saturated heterocycles. The van der Waals surface area contributed by atoms with Crippen molar-refractivity contribution in [2.24, 2.45) is 0 Å². The van der Waals surface area contributed by atoms with Gasteiger partial charge in [-0.2, -0.15) is 0 Å². The highest BCUT2D eigenvalue weighted by Crippen LogP contribution is 2.22. The van der Waals surface area contributed by atoms with Gasteiger partial charge in [0.1, 0.15) is 11.6 Å². The Morgan fingerprint density at radius 3 is 2.95 bits per heavy atom. The van der Waals surface area contributed by atoms with E-state index in [1.807, 2.05) is 12.1 Å². The Balaban J connectivity index is 2.15. The maximum absolute atomic E-state index is 11.5. The van der Waals surface area contributed by atoms with Crippen molar-refractivity contribution in [2.45, 2.75) is 13.3 Å². The molecule has 0 spiro atoms. The molecule has 5 nitrogen and oxygen atoms in total. The van der Waals surface area contributed by atoms with Gasteiger partial charge in [-0.25, -0.2) is 9.78 Å². The van der Waals surface area contributed by atoms with E-state index in [0.29, 0.717) is 30.3 Å². The molecule has 0 aliphatic carbocycles. The highest BCUT2D eigenvalue weighted by Gasteiger charge is 2.13. The third-order valence-electron chi connectivity index (χ3n) is 2.45. The first-order valence-electron chi connectivity index (χ1n) is 5.97. The van der Waals surface area contributed by atoms with Crippen LogP contribution in [0.4, 0.5) is 0 Å². The molecule has 2 rings (SSSR count). The average Bonchev–Trinajstić information content (AvgIpc) is 2.90. The number of carbonyl (C=O) groups is 1. The molecule has 2 heterocycles. The molecular formula is C13H15N2O3S+. The molecule has 0 aliphatic heterocycles. The predicted molar refractivity (Wildman–Crippen MR) is 73.5 cm³/mol. The summed E-state index contributed by atoms with van der Waals surface area (Å²) in [6, 6.07) is 3.79. The summed E-state index contributed by atoms with van der Waals surface area (Å²) >= 11 is 1.36. The van der Waals surface area contributed by atoms with Crippen LogP contribution >= 0.6 is 11.3 Å². The van der Waals surface area contributed by atoms with Crippen LogP contribution in [-0.2, 0) is 11.2 Å². The van der Waals surface area contributed by atoms with Crippen LogP contribution in [0.25, 0.3) is 10.7 Å². The van der Waals surface area contributed by atoms with E-state index in [1.165, 1.54) is 11.3 Å². The lowest BCUT2D eigenvalue weighted by molar-refractivity contribution is 0.0520. The number of ether oxygens (including phenoxy) is 1. The van der Waals surface area contributed by atoms with Crippen molar-refractivity contribution in [3.63, 3.8) is 0 Å². The number of esters is 1. The Morgan fingerprint density at radius 2 is 2.32 bits per heavy atom. The van der Waals surface area contributed by atoms with Crippen molar-refractivity contribution >= 4 is 17.3 Å². The van der Waals surface area contributed by atoms with Gasteiger partial charge in [-0.05, 0) is 18.6 Å². The summed E-state index contributed by atoms with van der Waals surface area (Å²) in [4.78, 5) is 20.0. The minimum atomic E-state index is -0.407. The summed E-state index contributed by atoms with van der Waals surface area (Å²) in [5.74, 6) is -0.407. The first-order chi connectivity index (χ1) is 9.24. The summed E-state index contributed by atoms with van der Waals surface area (Å²) in [6.45, 7) is 2.45. The topological polar surface area (TPSA) is 75.0 Å². The zero-order chi connectivity index (χ0) is 13.7. The number of rotatable bonds is 5. The fourth-order valence-corrected chi connectivity index (χ4v) is 2.30. The van der Waals surface area contributed by atoms with Crippen LogP contribution in [0.3, 0.4) is 0 Å². The summed E-state index contributed by atoms with van der Waals surface area (Å²) in [5, 5.41) is 9.53. The minimum Gasteiger partial charge on any atom is -0.461 e. The number of nitrogens with zero attached hydrogens (tertiary/aromatic N) is 2. The molecular weight excluding hydrogens is 264 g/mol. The van der Waals surface area contributed by atoms with Crippen molar-refractivity contribution < 1.29 is 14.6 Å². The molecule has 0 aromatic carbocycles. The lowest BCUT2D eigenvalue weighted by Gasteiger charge is -1.98. The summed E-state index contributed by atoms with van der Waals surface area (Å²) in [7, 11) is 0. The summed E-state index contributed by atoms with van der Waals surface area (Å²) < 4.78 is 4.89. The number of hydrogen-bond donors (Lipinski definition) is 0. The summed E-state index contributed by atoms with van der Waals surface area (Å²) in [5.41, 5.74) is 2.08. The van der Waals surface area contributed by atoms with Gasteiger partial charge in [-0.15, -0.1) is 11.3 Å². The van der Waals surface area contributed by atoms with Crippen LogP contribution in [0.2, 0.25) is 0 Å². The molecule has 19 heavy (non-hydrogen) atoms. The standard InChI is InChI=1S/C13H14N2O3S/c1-2-18-13(17)11-8-19-12(15-11)10-4-3-9(5-6-16)7-14-10/h3-4,7-8,16H,2,5-6H2,1H3/p+1. The molecule has 2 aromatic heterocycles. The van der Waals surface area contributed by atoms with Crippen molar-refractivity contribution in [1.82, 2.24) is 9.97 Å². The van der Waals surface area contributed by atoms with Crippen LogP contribution in [0.5, 0.6) is 0 Å². The normalized spacial score (nSPS) is 10.4. The zero-order valence-electron chi connectivity index (χ0n) is 10.5. The number of aromatic nitrogens is 2. The Bertz CT molecular complexity index is 551. The maximum atomic E-state index is 11.5. The molecule has 0 fully saturated rings. The van der Waals surface area contributed by atoms with Crippen molar-refractivity contribution in [2.75, 3.05) is 13.2 Å². The van der Waals surface area contributed by atoms with Crippen molar-refractivity contribution in [3.8, 4) is 10.7 Å². The SMILES string of the molecule is CCOC(=O)c1csc(-c2ccc(CC[OH2+])cn2)n1. The van der Waals surface area contributed by atoms with Gasteiger partial charge in [0.25, 0.3) is 0 Å². The molecule has 2 N–H and O–H groups in total. The number of pyridine rings is 1. The van der Waals surface area contributed by atoms with Crippen LogP contribution in [0.15, 0.2) is 23.7 Å². The van der Waals surface area contributed by atoms with Crippen LogP contribution in [-0.4, -0.2) is 34.3 Å². The monoisotopic (exact) mass is 279 g/mol. The van der Waals surface area contributed by atoms with E-state index in [0.717, 1.165) is 11.3 Å². The Hall–Kier alpha value is -1.79. The quantitative estimate of drug-likeness (QED) is 0.616. The molecule has 0 radical (unpaired) electrons. The van der Waals surface area contributed by atoms with E-state index < -0.39 is 5.97 Å². The summed E-state index contributed by atoms with van der Waals surface area (Å²) in [6.07, 6.45) is 2.44. The Kier molecular flexibility index (Phi) is 4.59. The molecule has 0 amide bonds. The van der Waals surface area contributed by atoms with Crippen LogP contribution in [0, 0.1) is 0 Å². The number of thiazole rings is 1. The fourth-order valence-electron chi connectivity index (χ4n) is 1.53. The van der Waals surface area contributed by atoms with E-state index in [1.54, 1.807) is 18.5 Å². The van der Waals surface area contributed by atoms with Crippen molar-refractivity contribution in [1.29, 1.82) is 0 Å². The van der Waals surface area contributed by atoms with E-state index in [4.69, 9.17) is 9.84 Å². The van der Waals surface area contributed by atoms with E-state index in [-0.39, 0.29) is 0 Å². The maximum Gasteiger partial charge on any atom is 0.357 e. The van der Waals surface area contributed by atoms with Gasteiger partial charge >= 0.3 is 5.97 Å². The van der Waals surface area contributed by atoms with Gasteiger partial charge in [-0.1, -0.05) is 6.07 Å². The first kappa shape index (κ1) is 13.6. The molecule has 6 heteroatoms. The zero-order valence-corrected chi connectivity index (χ0v) is 11.4. The van der Waals surface area contributed by atoms with Crippen LogP contribution in [0.1, 0.15) is 23.0 Å². The molecule has 100 valence electrons. The first-order valence-corrected chi connectivity index (χ1v) is 6.85. The second-order valence-corrected chi connectivity index (χ2v) is 4.67. The van der Waals surface area contributed by atoms with Gasteiger partial charge < -0.3 is 9.84 Å². The number of carbonyl (C=O) groups excluding carboxylic acids is 1. The van der Waals surface area contributed by atoms with E-state index in [2.05, 4.69) is 9.97 Å². The molecule has 2 aromatic rings. The number of hydrogen-bond acceptors (Lipinski definition) is 5. The third kappa shape index (κ3) is 3.36. The molecule has 0 saturated carbocycles. The largest absolute Gasteiger partial charge is 0.461 e. The third-order valence-corrected chi connectivity index (χ3v) is 3.31. The highest BCUT2D eigenvalue weighted by molar-refractivity contribution is 7.13. The van der Waals surface area contributed by atoms with Gasteiger partial charge in [0.15, 0.2) is 5.69 Å². The van der Waals surface area contributed by atoms with E-state index in [9.17, 15) is 4.79 Å². The lowest BCUT2D eigenvalue weighted by atomic mass is 10.2. The lowest BCUT2D eigenvalue weighted by Crippen LogP contribution is -2.04. The van der Waals surface area contributed by atoms with Crippen molar-refractivity contribution in [3.05, 3.63) is 35.0 Å². The van der Waals surface area contributed by atoms with Gasteiger partial charge in [0.2, 0.25) is 0 Å². The average molecular weight is 279 g/mol. The van der Waals surface area contributed by atoms with Gasteiger partial charge in [-0.3, -0.25) is 4.98 Å². The molecule has 0 atom stereocenters. The van der Waals surface area contributed by atoms with Crippen LogP contribution < -0.4 is 0 Å². The van der Waals surface area contributed by atoms with Gasteiger partial charge in [0, 0.05) is 18.0 Å².